The van der Waals surface area contributed by atoms with Gasteiger partial charge in [0.2, 0.25) is 0 Å². The summed E-state index contributed by atoms with van der Waals surface area (Å²) < 4.78 is 13.9. The van der Waals surface area contributed by atoms with Crippen LogP contribution in [0.3, 0.4) is 0 Å². The molecular weight excluding hydrogens is 251 g/mol. The number of unbranched alkanes of at least 4 members (excludes halogenated alkanes) is 1. The summed E-state index contributed by atoms with van der Waals surface area (Å²) in [5, 5.41) is 0.420. The van der Waals surface area contributed by atoms with Gasteiger partial charge in [-0.3, -0.25) is 4.90 Å². The van der Waals surface area contributed by atoms with Crippen LogP contribution in [0.25, 0.3) is 0 Å². The van der Waals surface area contributed by atoms with Gasteiger partial charge in [-0.15, -0.1) is 0 Å². The highest BCUT2D eigenvalue weighted by Crippen LogP contribution is 2.25. The van der Waals surface area contributed by atoms with Crippen LogP contribution in [0.4, 0.5) is 4.39 Å². The van der Waals surface area contributed by atoms with Gasteiger partial charge in [0.25, 0.3) is 0 Å². The Labute approximate surface area is 114 Å². The van der Waals surface area contributed by atoms with Crippen LogP contribution in [0, 0.1) is 5.82 Å². The van der Waals surface area contributed by atoms with E-state index >= 15 is 0 Å². The van der Waals surface area contributed by atoms with Crippen molar-refractivity contribution >= 4 is 11.6 Å². The molecule has 0 aliphatic carbocycles. The molecule has 0 radical (unpaired) electrons. The van der Waals surface area contributed by atoms with Crippen LogP contribution >= 0.6 is 11.6 Å². The topological polar surface area (TPSA) is 29.3 Å². The van der Waals surface area contributed by atoms with Crippen molar-refractivity contribution in [3.63, 3.8) is 0 Å². The number of hydrogen-bond donors (Lipinski definition) is 1. The molecule has 2 N–H and O–H groups in total. The molecule has 0 aliphatic rings. The summed E-state index contributed by atoms with van der Waals surface area (Å²) in [6.45, 7) is 6.44. The van der Waals surface area contributed by atoms with Gasteiger partial charge in [0, 0.05) is 23.2 Å². The number of halogens is 2. The van der Waals surface area contributed by atoms with Gasteiger partial charge in [0.1, 0.15) is 5.82 Å². The maximum Gasteiger partial charge on any atom is 0.129 e. The molecule has 1 unspecified atom stereocenters. The van der Waals surface area contributed by atoms with E-state index in [1.165, 1.54) is 6.07 Å². The lowest BCUT2D eigenvalue weighted by Crippen LogP contribution is -2.35. The molecule has 0 aromatic heterocycles. The SMILES string of the molecule is CCCCN(CC)C(CN)c1ccc(Cl)cc1F. The van der Waals surface area contributed by atoms with Crippen molar-refractivity contribution in [3.8, 4) is 0 Å². The van der Waals surface area contributed by atoms with E-state index in [1.807, 2.05) is 0 Å². The highest BCUT2D eigenvalue weighted by Gasteiger charge is 2.20. The van der Waals surface area contributed by atoms with Crippen molar-refractivity contribution in [2.45, 2.75) is 32.7 Å². The van der Waals surface area contributed by atoms with Crippen LogP contribution in [0.2, 0.25) is 5.02 Å². The Balaban J connectivity index is 2.92. The monoisotopic (exact) mass is 272 g/mol. The van der Waals surface area contributed by atoms with E-state index in [0.29, 0.717) is 17.1 Å². The van der Waals surface area contributed by atoms with Gasteiger partial charge in [0.15, 0.2) is 0 Å². The van der Waals surface area contributed by atoms with Crippen molar-refractivity contribution in [2.24, 2.45) is 5.73 Å². The molecule has 4 heteroatoms. The van der Waals surface area contributed by atoms with E-state index in [-0.39, 0.29) is 11.9 Å². The fourth-order valence-electron chi connectivity index (χ4n) is 2.14. The smallest absolute Gasteiger partial charge is 0.129 e. The molecule has 0 aliphatic heterocycles. The standard InChI is InChI=1S/C14H22ClFN2/c1-3-5-8-18(4-2)14(10-17)12-7-6-11(15)9-13(12)16/h6-7,9,14H,3-5,8,10,17H2,1-2H3. The fourth-order valence-corrected chi connectivity index (χ4v) is 2.30. The Morgan fingerprint density at radius 3 is 2.61 bits per heavy atom. The molecule has 1 aromatic carbocycles. The average Bonchev–Trinajstić information content (AvgIpc) is 2.36. The maximum absolute atomic E-state index is 13.9. The fraction of sp³-hybridized carbons (Fsp3) is 0.571. The molecule has 102 valence electrons. The minimum Gasteiger partial charge on any atom is -0.329 e. The van der Waals surface area contributed by atoms with Crippen LogP contribution in [0.5, 0.6) is 0 Å². The van der Waals surface area contributed by atoms with Crippen molar-refractivity contribution in [1.29, 1.82) is 0 Å². The highest BCUT2D eigenvalue weighted by atomic mass is 35.5. The average molecular weight is 273 g/mol. The summed E-state index contributed by atoms with van der Waals surface area (Å²) in [6.07, 6.45) is 2.22. The minimum atomic E-state index is -0.270. The number of nitrogens with zero attached hydrogens (tertiary/aromatic N) is 1. The zero-order valence-electron chi connectivity index (χ0n) is 11.1. The Hall–Kier alpha value is -0.640. The number of hydrogen-bond acceptors (Lipinski definition) is 2. The van der Waals surface area contributed by atoms with Gasteiger partial charge in [-0.05, 0) is 31.6 Å². The van der Waals surface area contributed by atoms with Crippen LogP contribution in [0.15, 0.2) is 18.2 Å². The number of nitrogens with two attached hydrogens (primary N) is 1. The van der Waals surface area contributed by atoms with Gasteiger partial charge in [-0.2, -0.15) is 0 Å². The summed E-state index contributed by atoms with van der Waals surface area (Å²) in [4.78, 5) is 2.22. The zero-order chi connectivity index (χ0) is 13.5. The van der Waals surface area contributed by atoms with Crippen molar-refractivity contribution < 1.29 is 4.39 Å². The first-order valence-electron chi connectivity index (χ1n) is 6.53. The first-order chi connectivity index (χ1) is 8.63. The Morgan fingerprint density at radius 2 is 2.11 bits per heavy atom. The lowest BCUT2D eigenvalue weighted by atomic mass is 10.0. The second-order valence-corrected chi connectivity index (χ2v) is 4.84. The van der Waals surface area contributed by atoms with Gasteiger partial charge >= 0.3 is 0 Å². The third kappa shape index (κ3) is 3.94. The van der Waals surface area contributed by atoms with E-state index in [2.05, 4.69) is 18.7 Å². The van der Waals surface area contributed by atoms with E-state index in [9.17, 15) is 4.39 Å². The summed E-state index contributed by atoms with van der Waals surface area (Å²) in [5.41, 5.74) is 6.46. The van der Waals surface area contributed by atoms with E-state index in [4.69, 9.17) is 17.3 Å². The summed E-state index contributed by atoms with van der Waals surface area (Å²) >= 11 is 5.78. The minimum absolute atomic E-state index is 0.0705. The predicted octanol–water partition coefficient (Wildman–Crippen LogP) is 3.60. The maximum atomic E-state index is 13.9. The molecule has 0 bridgehead atoms. The lowest BCUT2D eigenvalue weighted by molar-refractivity contribution is 0.205. The molecule has 0 heterocycles. The van der Waals surface area contributed by atoms with Crippen molar-refractivity contribution in [3.05, 3.63) is 34.6 Å². The molecule has 0 fully saturated rings. The molecule has 0 amide bonds. The Kier molecular flexibility index (Phi) is 6.61. The highest BCUT2D eigenvalue weighted by molar-refractivity contribution is 6.30. The van der Waals surface area contributed by atoms with Crippen LogP contribution in [0.1, 0.15) is 38.3 Å². The molecular formula is C14H22ClFN2. The lowest BCUT2D eigenvalue weighted by Gasteiger charge is -2.30. The Bertz CT molecular complexity index is 371. The molecule has 1 atom stereocenters. The molecule has 18 heavy (non-hydrogen) atoms. The quantitative estimate of drug-likeness (QED) is 0.822. The largest absolute Gasteiger partial charge is 0.329 e. The van der Waals surface area contributed by atoms with E-state index in [0.717, 1.165) is 25.9 Å². The van der Waals surface area contributed by atoms with Gasteiger partial charge in [-0.25, -0.2) is 4.39 Å². The number of benzene rings is 1. The molecule has 1 aromatic rings. The van der Waals surface area contributed by atoms with Crippen molar-refractivity contribution in [1.82, 2.24) is 4.90 Å². The van der Waals surface area contributed by atoms with E-state index in [1.54, 1.807) is 12.1 Å². The molecule has 0 spiro atoms. The summed E-state index contributed by atoms with van der Waals surface area (Å²) in [7, 11) is 0. The number of likely N-dealkylation sites (N-methyl/N-ethyl adjacent to an activating group) is 1. The number of rotatable bonds is 7. The predicted molar refractivity (Wildman–Crippen MR) is 75.4 cm³/mol. The molecule has 2 nitrogen and oxygen atoms in total. The second kappa shape index (κ2) is 7.72. The molecule has 1 rings (SSSR count). The van der Waals surface area contributed by atoms with Gasteiger partial charge in [-0.1, -0.05) is 37.9 Å². The third-order valence-electron chi connectivity index (χ3n) is 3.19. The van der Waals surface area contributed by atoms with Gasteiger partial charge < -0.3 is 5.73 Å². The first kappa shape index (κ1) is 15.4. The zero-order valence-corrected chi connectivity index (χ0v) is 11.9. The Morgan fingerprint density at radius 1 is 1.39 bits per heavy atom. The summed E-state index contributed by atoms with van der Waals surface area (Å²) in [5.74, 6) is -0.270. The molecule has 0 saturated carbocycles. The van der Waals surface area contributed by atoms with Gasteiger partial charge in [0.05, 0.1) is 0 Å². The third-order valence-corrected chi connectivity index (χ3v) is 3.43. The van der Waals surface area contributed by atoms with Crippen molar-refractivity contribution in [2.75, 3.05) is 19.6 Å². The normalized spacial score (nSPS) is 13.0. The van der Waals surface area contributed by atoms with Crippen LogP contribution in [-0.4, -0.2) is 24.5 Å². The van der Waals surface area contributed by atoms with Crippen LogP contribution in [-0.2, 0) is 0 Å². The molecule has 0 saturated heterocycles. The van der Waals surface area contributed by atoms with E-state index < -0.39 is 0 Å². The summed E-state index contributed by atoms with van der Waals surface area (Å²) in [6, 6.07) is 4.74. The van der Waals surface area contributed by atoms with Crippen LogP contribution < -0.4 is 5.73 Å². The second-order valence-electron chi connectivity index (χ2n) is 4.40. The first-order valence-corrected chi connectivity index (χ1v) is 6.90.